The summed E-state index contributed by atoms with van der Waals surface area (Å²) in [7, 11) is 4.02. The van der Waals surface area contributed by atoms with Crippen molar-refractivity contribution in [1.29, 1.82) is 0 Å². The molecule has 0 unspecified atom stereocenters. The Morgan fingerprint density at radius 2 is 1.35 bits per heavy atom. The number of likely N-dealkylation sites (tertiary alicyclic amines) is 1. The lowest BCUT2D eigenvalue weighted by atomic mass is 9.85. The van der Waals surface area contributed by atoms with E-state index in [4.69, 9.17) is 33.4 Å². The highest BCUT2D eigenvalue weighted by atomic mass is 33.1. The summed E-state index contributed by atoms with van der Waals surface area (Å²) >= 11 is 0. The number of carbonyl (C=O) groups excluding carboxylic acids is 11. The number of nitrogens with zero attached hydrogens (tertiary/aromatic N) is 2. The first-order valence-electron chi connectivity index (χ1n) is 26.4. The molecule has 0 aromatic heterocycles. The van der Waals surface area contributed by atoms with E-state index < -0.39 is 138 Å². The number of ether oxygens (including phenoxy) is 1. The largest absolute Gasteiger partial charge is 0.497 e. The molecule has 3 aliphatic rings. The molecule has 2 aromatic rings. The Morgan fingerprint density at radius 1 is 0.738 bits per heavy atom. The average Bonchev–Trinajstić information content (AvgIpc) is 3.95. The number of aliphatic imine (C=N–C) groups is 1. The Morgan fingerprint density at radius 3 is 1.98 bits per heavy atom. The molecule has 3 fully saturated rings. The summed E-state index contributed by atoms with van der Waals surface area (Å²) in [6.45, 7) is -0.382. The third-order valence-corrected chi connectivity index (χ3v) is 17.0. The van der Waals surface area contributed by atoms with Gasteiger partial charge in [0.2, 0.25) is 65.0 Å². The standard InChI is InChI=1S/C52H74N14O12S2/c1-78-32-16-14-31(15-17-32)25-35-46(73)63-36(24-30-10-4-2-5-11-30)47(74)61-34(18-19-40(53)67)45(72)64-37(26-41(54)68)48(75)65-38(29-79-80-52(27-43(70)60-35)20-6-3-7-21-52)50(77)66-23-9-13-39(66)49(76)62-33(12-8-22-58-51(56)57)44(71)59-28-42(55)69/h2,4-5,10-11,14-17,33-39H,3,6-9,12-13,18-29H2,1H3,(H2,53,67)(H2,54,68)(H2,55,69)(H,59,71)(H,60,70)(H,61,74)(H,62,76)(H,63,73)(H,64,72)(H,65,75)(H4,56,57,58)/t33-,34-,35+,36-,37-,38-,39+/m0/s1. The number of benzene rings is 2. The van der Waals surface area contributed by atoms with Crippen molar-refractivity contribution in [3.8, 4) is 5.75 Å². The molecule has 7 atom stereocenters. The fourth-order valence-corrected chi connectivity index (χ4v) is 13.0. The first-order valence-corrected chi connectivity index (χ1v) is 28.7. The summed E-state index contributed by atoms with van der Waals surface area (Å²) < 4.78 is 4.59. The zero-order valence-electron chi connectivity index (χ0n) is 44.7. The summed E-state index contributed by atoms with van der Waals surface area (Å²) in [6.07, 6.45) is 2.41. The van der Waals surface area contributed by atoms with Gasteiger partial charge in [0.25, 0.3) is 0 Å². The predicted molar refractivity (Wildman–Crippen MR) is 298 cm³/mol. The number of nitrogens with one attached hydrogen (secondary N) is 7. The Labute approximate surface area is 471 Å². The molecular formula is C52H74N14O12S2. The quantitative estimate of drug-likeness (QED) is 0.0286. The summed E-state index contributed by atoms with van der Waals surface area (Å²) in [4.78, 5) is 156. The smallest absolute Gasteiger partial charge is 0.246 e. The van der Waals surface area contributed by atoms with Gasteiger partial charge in [0, 0.05) is 49.3 Å². The highest BCUT2D eigenvalue weighted by molar-refractivity contribution is 8.77. The summed E-state index contributed by atoms with van der Waals surface area (Å²) in [5, 5.41) is 18.5. The molecule has 2 saturated heterocycles. The van der Waals surface area contributed by atoms with Gasteiger partial charge in [-0.05, 0) is 68.2 Å². The van der Waals surface area contributed by atoms with Crippen LogP contribution >= 0.6 is 21.6 Å². The molecule has 0 bridgehead atoms. The van der Waals surface area contributed by atoms with Crippen molar-refractivity contribution in [2.45, 2.75) is 143 Å². The van der Waals surface area contributed by atoms with E-state index in [1.54, 1.807) is 54.6 Å². The highest BCUT2D eigenvalue weighted by Crippen LogP contribution is 2.48. The van der Waals surface area contributed by atoms with E-state index in [1.807, 2.05) is 0 Å². The van der Waals surface area contributed by atoms with Gasteiger partial charge in [-0.2, -0.15) is 0 Å². The number of amides is 11. The second kappa shape index (κ2) is 31.2. The number of nitrogens with two attached hydrogens (primary N) is 5. The highest BCUT2D eigenvalue weighted by Gasteiger charge is 2.42. The normalized spacial score (nSPS) is 22.6. The van der Waals surface area contributed by atoms with Crippen molar-refractivity contribution in [2.24, 2.45) is 33.7 Å². The molecule has 1 aliphatic carbocycles. The molecule has 2 aliphatic heterocycles. The van der Waals surface area contributed by atoms with Crippen LogP contribution in [0.15, 0.2) is 59.6 Å². The van der Waals surface area contributed by atoms with Crippen molar-refractivity contribution < 1.29 is 57.5 Å². The molecule has 5 rings (SSSR count). The molecule has 80 heavy (non-hydrogen) atoms. The third kappa shape index (κ3) is 20.2. The Bertz CT molecular complexity index is 2570. The van der Waals surface area contributed by atoms with Crippen molar-refractivity contribution >= 4 is 92.5 Å². The van der Waals surface area contributed by atoms with Crippen LogP contribution in [0.2, 0.25) is 0 Å². The van der Waals surface area contributed by atoms with Gasteiger partial charge in [-0.3, -0.25) is 57.7 Å². The van der Waals surface area contributed by atoms with Gasteiger partial charge in [0.1, 0.15) is 48.0 Å². The molecule has 17 N–H and O–H groups in total. The number of rotatable bonds is 20. The number of carbonyl (C=O) groups is 11. The Kier molecular flexibility index (Phi) is 24.7. The van der Waals surface area contributed by atoms with E-state index in [0.717, 1.165) is 19.3 Å². The molecule has 1 spiro atoms. The monoisotopic (exact) mass is 1150 g/mol. The van der Waals surface area contributed by atoms with Crippen LogP contribution in [0.5, 0.6) is 5.75 Å². The van der Waals surface area contributed by atoms with E-state index in [0.29, 0.717) is 36.1 Å². The van der Waals surface area contributed by atoms with Crippen LogP contribution in [-0.4, -0.2) is 155 Å². The molecule has 2 heterocycles. The molecule has 26 nitrogen and oxygen atoms in total. The molecule has 28 heteroatoms. The maximum Gasteiger partial charge on any atom is 0.246 e. The number of hydrogen-bond donors (Lipinski definition) is 12. The van der Waals surface area contributed by atoms with Gasteiger partial charge in [0.15, 0.2) is 5.96 Å². The van der Waals surface area contributed by atoms with Crippen LogP contribution in [-0.2, 0) is 65.6 Å². The zero-order chi connectivity index (χ0) is 58.4. The first kappa shape index (κ1) is 63.2. The summed E-state index contributed by atoms with van der Waals surface area (Å²) in [6, 6.07) is 5.70. The lowest BCUT2D eigenvalue weighted by Gasteiger charge is -2.37. The lowest BCUT2D eigenvalue weighted by molar-refractivity contribution is -0.142. The minimum Gasteiger partial charge on any atom is -0.497 e. The number of methoxy groups -OCH3 is 1. The lowest BCUT2D eigenvalue weighted by Crippen LogP contribution is -2.61. The molecule has 2 aromatic carbocycles. The van der Waals surface area contributed by atoms with E-state index in [2.05, 4.69) is 42.2 Å². The first-order chi connectivity index (χ1) is 38.1. The van der Waals surface area contributed by atoms with Gasteiger partial charge in [-0.25, -0.2) is 0 Å². The van der Waals surface area contributed by atoms with E-state index in [1.165, 1.54) is 33.6 Å². The molecule has 11 amide bonds. The van der Waals surface area contributed by atoms with Crippen molar-refractivity contribution in [3.63, 3.8) is 0 Å². The van der Waals surface area contributed by atoms with E-state index in [-0.39, 0.29) is 63.3 Å². The topological polar surface area (TPSA) is 427 Å². The number of hydrogen-bond acceptors (Lipinski definition) is 15. The fourth-order valence-electron chi connectivity index (χ4n) is 9.59. The van der Waals surface area contributed by atoms with Gasteiger partial charge < -0.3 is 75.5 Å². The Balaban J connectivity index is 1.53. The van der Waals surface area contributed by atoms with Gasteiger partial charge in [0.05, 0.1) is 20.1 Å². The van der Waals surface area contributed by atoms with Crippen molar-refractivity contribution in [2.75, 3.05) is 32.5 Å². The minimum atomic E-state index is -1.77. The molecule has 1 saturated carbocycles. The maximum absolute atomic E-state index is 15.0. The van der Waals surface area contributed by atoms with Crippen LogP contribution in [0.1, 0.15) is 94.6 Å². The van der Waals surface area contributed by atoms with Crippen molar-refractivity contribution in [1.82, 2.24) is 42.1 Å². The molecular weight excluding hydrogens is 1080 g/mol. The van der Waals surface area contributed by atoms with Crippen LogP contribution in [0, 0.1) is 0 Å². The Hall–Kier alpha value is -7.62. The number of guanidine groups is 1. The molecule has 0 radical (unpaired) electrons. The predicted octanol–water partition coefficient (Wildman–Crippen LogP) is -2.34. The summed E-state index contributed by atoms with van der Waals surface area (Å²) in [5.41, 5.74) is 28.5. The van der Waals surface area contributed by atoms with Crippen LogP contribution in [0.25, 0.3) is 0 Å². The van der Waals surface area contributed by atoms with E-state index in [9.17, 15) is 52.7 Å². The third-order valence-electron chi connectivity index (χ3n) is 13.7. The second-order valence-corrected chi connectivity index (χ2v) is 22.8. The fraction of sp³-hybridized carbons (Fsp3) is 0.538. The van der Waals surface area contributed by atoms with Crippen molar-refractivity contribution in [3.05, 3.63) is 65.7 Å². The van der Waals surface area contributed by atoms with Gasteiger partial charge in [-0.15, -0.1) is 0 Å². The van der Waals surface area contributed by atoms with Crippen LogP contribution < -0.4 is 70.6 Å². The number of primary amides is 3. The summed E-state index contributed by atoms with van der Waals surface area (Å²) in [5.74, 6) is -8.92. The van der Waals surface area contributed by atoms with Gasteiger partial charge in [-0.1, -0.05) is 83.3 Å². The minimum absolute atomic E-state index is 0.0113. The van der Waals surface area contributed by atoms with Crippen LogP contribution in [0.3, 0.4) is 0 Å². The SMILES string of the molecule is COc1ccc(C[C@H]2NC(=O)CC3(CCCCC3)SSC[C@@H](C(=O)N3CCC[C@@H]3C(=O)N[C@@H](CCCN=C(N)N)C(=O)NCC(N)=O)NC(=O)[C@H](CC(N)=O)NC(=O)[C@H](CCC(N)=O)NC(=O)[C@H](Cc3ccccc3)NC2=O)cc1. The zero-order valence-corrected chi connectivity index (χ0v) is 46.3. The maximum atomic E-state index is 15.0. The second-order valence-electron chi connectivity index (χ2n) is 20.0. The average molecular weight is 1150 g/mol. The van der Waals surface area contributed by atoms with E-state index >= 15 is 0 Å². The van der Waals surface area contributed by atoms with Gasteiger partial charge >= 0.3 is 0 Å². The molecule has 436 valence electrons. The van der Waals surface area contributed by atoms with Crippen LogP contribution in [0.4, 0.5) is 0 Å².